The zero-order valence-electron chi connectivity index (χ0n) is 13.7. The predicted molar refractivity (Wildman–Crippen MR) is 93.1 cm³/mol. The molecule has 1 fully saturated rings. The third-order valence-electron chi connectivity index (χ3n) is 5.29. The summed E-state index contributed by atoms with van der Waals surface area (Å²) in [6, 6.07) is 19.4. The van der Waals surface area contributed by atoms with Crippen LogP contribution in [0.5, 0.6) is 5.75 Å². The standard InChI is InChI=1S/C20H24N2O/c1-21-11-13-22(14-12-21)15-20(17-7-3-2-4-8-17)16-23-19-10-6-5-9-18(19)20/h2-10H,11-16H2,1H3. The number of nitrogens with zero attached hydrogens (tertiary/aromatic N) is 2. The second-order valence-corrected chi connectivity index (χ2v) is 6.81. The van der Waals surface area contributed by atoms with Crippen molar-refractivity contribution in [2.45, 2.75) is 5.41 Å². The molecular weight excluding hydrogens is 284 g/mol. The van der Waals surface area contributed by atoms with Crippen molar-refractivity contribution in [1.29, 1.82) is 0 Å². The lowest BCUT2D eigenvalue weighted by Gasteiger charge is -2.39. The molecule has 0 radical (unpaired) electrons. The summed E-state index contributed by atoms with van der Waals surface area (Å²) in [7, 11) is 2.21. The van der Waals surface area contributed by atoms with E-state index in [1.54, 1.807) is 0 Å². The molecule has 0 amide bonds. The molecule has 1 saturated heterocycles. The number of rotatable bonds is 3. The van der Waals surface area contributed by atoms with Gasteiger partial charge in [-0.2, -0.15) is 0 Å². The number of fused-ring (bicyclic) bond motifs is 1. The summed E-state index contributed by atoms with van der Waals surface area (Å²) in [5, 5.41) is 0. The Morgan fingerprint density at radius 3 is 2.39 bits per heavy atom. The van der Waals surface area contributed by atoms with Crippen LogP contribution in [0.25, 0.3) is 0 Å². The molecule has 0 aromatic heterocycles. The van der Waals surface area contributed by atoms with Gasteiger partial charge in [0.15, 0.2) is 0 Å². The van der Waals surface area contributed by atoms with E-state index >= 15 is 0 Å². The summed E-state index contributed by atoms with van der Waals surface area (Å²) in [4.78, 5) is 5.00. The van der Waals surface area contributed by atoms with Crippen LogP contribution in [0.4, 0.5) is 0 Å². The molecule has 0 spiro atoms. The van der Waals surface area contributed by atoms with Gasteiger partial charge in [-0.25, -0.2) is 0 Å². The molecule has 2 aromatic rings. The summed E-state index contributed by atoms with van der Waals surface area (Å²) in [6.07, 6.45) is 0. The van der Waals surface area contributed by atoms with Crippen molar-refractivity contribution in [1.82, 2.24) is 9.80 Å². The molecule has 2 aliphatic rings. The van der Waals surface area contributed by atoms with Crippen molar-refractivity contribution in [3.8, 4) is 5.75 Å². The number of hydrogen-bond acceptors (Lipinski definition) is 3. The van der Waals surface area contributed by atoms with Gasteiger partial charge in [0.05, 0.1) is 5.41 Å². The molecule has 2 heterocycles. The van der Waals surface area contributed by atoms with Gasteiger partial charge >= 0.3 is 0 Å². The summed E-state index contributed by atoms with van der Waals surface area (Å²) in [5.41, 5.74) is 2.65. The Kier molecular flexibility index (Phi) is 3.83. The first kappa shape index (κ1) is 14.7. The molecule has 2 aliphatic heterocycles. The Bertz CT molecular complexity index is 664. The smallest absolute Gasteiger partial charge is 0.123 e. The zero-order valence-corrected chi connectivity index (χ0v) is 13.7. The molecule has 2 aromatic carbocycles. The van der Waals surface area contributed by atoms with Gasteiger partial charge in [-0.15, -0.1) is 0 Å². The normalized spacial score (nSPS) is 25.1. The van der Waals surface area contributed by atoms with E-state index in [0.29, 0.717) is 0 Å². The third kappa shape index (κ3) is 2.64. The molecule has 0 saturated carbocycles. The van der Waals surface area contributed by atoms with Crippen LogP contribution in [0.2, 0.25) is 0 Å². The molecule has 0 aliphatic carbocycles. The number of ether oxygens (including phenoxy) is 1. The first-order valence-corrected chi connectivity index (χ1v) is 8.47. The van der Waals surface area contributed by atoms with Crippen molar-refractivity contribution in [3.63, 3.8) is 0 Å². The summed E-state index contributed by atoms with van der Waals surface area (Å²) >= 11 is 0. The minimum atomic E-state index is -0.0479. The molecule has 3 nitrogen and oxygen atoms in total. The van der Waals surface area contributed by atoms with Gasteiger partial charge in [0.2, 0.25) is 0 Å². The molecule has 120 valence electrons. The fourth-order valence-electron chi connectivity index (χ4n) is 3.87. The fourth-order valence-corrected chi connectivity index (χ4v) is 3.87. The molecular formula is C20H24N2O. The van der Waals surface area contributed by atoms with Gasteiger partial charge in [0.1, 0.15) is 12.4 Å². The highest BCUT2D eigenvalue weighted by Crippen LogP contribution is 2.44. The van der Waals surface area contributed by atoms with E-state index in [1.165, 1.54) is 11.1 Å². The van der Waals surface area contributed by atoms with E-state index in [9.17, 15) is 0 Å². The van der Waals surface area contributed by atoms with Crippen LogP contribution in [0.15, 0.2) is 54.6 Å². The number of para-hydroxylation sites is 1. The van der Waals surface area contributed by atoms with Crippen LogP contribution < -0.4 is 4.74 Å². The number of hydrogen-bond donors (Lipinski definition) is 0. The van der Waals surface area contributed by atoms with Crippen molar-refractivity contribution in [2.75, 3.05) is 46.4 Å². The van der Waals surface area contributed by atoms with E-state index in [-0.39, 0.29) is 5.41 Å². The lowest BCUT2D eigenvalue weighted by molar-refractivity contribution is 0.125. The zero-order chi connectivity index (χ0) is 15.7. The van der Waals surface area contributed by atoms with Crippen molar-refractivity contribution in [3.05, 3.63) is 65.7 Å². The molecule has 1 unspecified atom stereocenters. The maximum Gasteiger partial charge on any atom is 0.123 e. The Hall–Kier alpha value is -1.84. The molecule has 23 heavy (non-hydrogen) atoms. The van der Waals surface area contributed by atoms with Crippen LogP contribution >= 0.6 is 0 Å². The summed E-state index contributed by atoms with van der Waals surface area (Å²) < 4.78 is 6.09. The van der Waals surface area contributed by atoms with Gasteiger partial charge in [-0.05, 0) is 18.7 Å². The molecule has 1 atom stereocenters. The van der Waals surface area contributed by atoms with Crippen molar-refractivity contribution >= 4 is 0 Å². The topological polar surface area (TPSA) is 15.7 Å². The average Bonchev–Trinajstić information content (AvgIpc) is 2.98. The van der Waals surface area contributed by atoms with E-state index in [0.717, 1.165) is 45.1 Å². The Labute approximate surface area is 138 Å². The van der Waals surface area contributed by atoms with E-state index in [1.807, 2.05) is 0 Å². The van der Waals surface area contributed by atoms with Crippen LogP contribution in [-0.2, 0) is 5.41 Å². The highest BCUT2D eigenvalue weighted by atomic mass is 16.5. The fraction of sp³-hybridized carbons (Fsp3) is 0.400. The van der Waals surface area contributed by atoms with E-state index in [4.69, 9.17) is 4.74 Å². The van der Waals surface area contributed by atoms with Crippen molar-refractivity contribution < 1.29 is 4.74 Å². The highest BCUT2D eigenvalue weighted by Gasteiger charge is 2.43. The quantitative estimate of drug-likeness (QED) is 0.867. The minimum absolute atomic E-state index is 0.0479. The van der Waals surface area contributed by atoms with Crippen LogP contribution in [0.3, 0.4) is 0 Å². The summed E-state index contributed by atoms with van der Waals surface area (Å²) in [6.45, 7) is 6.33. The van der Waals surface area contributed by atoms with Crippen molar-refractivity contribution in [2.24, 2.45) is 0 Å². The lowest BCUT2D eigenvalue weighted by atomic mass is 9.75. The molecule has 4 rings (SSSR count). The van der Waals surface area contributed by atoms with E-state index in [2.05, 4.69) is 71.4 Å². The van der Waals surface area contributed by atoms with Gasteiger partial charge in [0, 0.05) is 38.3 Å². The predicted octanol–water partition coefficient (Wildman–Crippen LogP) is 2.61. The van der Waals surface area contributed by atoms with Gasteiger partial charge in [0.25, 0.3) is 0 Å². The largest absolute Gasteiger partial charge is 0.492 e. The Morgan fingerprint density at radius 2 is 1.61 bits per heavy atom. The second kappa shape index (κ2) is 5.99. The van der Waals surface area contributed by atoms with Gasteiger partial charge in [-0.1, -0.05) is 48.5 Å². The monoisotopic (exact) mass is 308 g/mol. The maximum atomic E-state index is 6.09. The first-order valence-electron chi connectivity index (χ1n) is 8.47. The average molecular weight is 308 g/mol. The highest BCUT2D eigenvalue weighted by molar-refractivity contribution is 5.51. The second-order valence-electron chi connectivity index (χ2n) is 6.81. The first-order chi connectivity index (χ1) is 11.3. The molecule has 0 N–H and O–H groups in total. The molecule has 3 heteroatoms. The van der Waals surface area contributed by atoms with E-state index < -0.39 is 0 Å². The number of piperazine rings is 1. The van der Waals surface area contributed by atoms with Crippen LogP contribution in [0, 0.1) is 0 Å². The van der Waals surface area contributed by atoms with Crippen LogP contribution in [-0.4, -0.2) is 56.2 Å². The van der Waals surface area contributed by atoms with Gasteiger partial charge < -0.3 is 9.64 Å². The third-order valence-corrected chi connectivity index (χ3v) is 5.29. The Morgan fingerprint density at radius 1 is 0.913 bits per heavy atom. The minimum Gasteiger partial charge on any atom is -0.492 e. The number of benzene rings is 2. The maximum absolute atomic E-state index is 6.09. The summed E-state index contributed by atoms with van der Waals surface area (Å²) in [5.74, 6) is 1.05. The van der Waals surface area contributed by atoms with Crippen LogP contribution in [0.1, 0.15) is 11.1 Å². The van der Waals surface area contributed by atoms with Gasteiger partial charge in [-0.3, -0.25) is 4.90 Å². The SMILES string of the molecule is CN1CCN(CC2(c3ccccc3)COc3ccccc32)CC1. The lowest BCUT2D eigenvalue weighted by Crippen LogP contribution is -2.50. The Balaban J connectivity index is 1.71. The number of likely N-dealkylation sites (N-methyl/N-ethyl adjacent to an activating group) is 1. The molecule has 0 bridgehead atoms.